The van der Waals surface area contributed by atoms with Gasteiger partial charge in [-0.1, -0.05) is 200 Å². The minimum atomic E-state index is -2.69. The number of methoxy groups -OCH3 is 2. The van der Waals surface area contributed by atoms with Gasteiger partial charge in [-0.2, -0.15) is 0 Å². The number of benzene rings is 1. The average molecular weight is 1540 g/mol. The molecule has 0 bridgehead atoms. The number of thioether (sulfide) groups is 2. The number of rotatable bonds is 46. The molecule has 0 radical (unpaired) electrons. The molecule has 3 rings (SSSR count). The maximum absolute atomic E-state index is 15.2. The zero-order valence-corrected chi connectivity index (χ0v) is 76.6. The van der Waals surface area contributed by atoms with E-state index in [4.69, 9.17) is 56.2 Å². The van der Waals surface area contributed by atoms with Crippen LogP contribution in [0.1, 0.15) is 184 Å². The molecule has 14 nitrogen and oxygen atoms in total. The summed E-state index contributed by atoms with van der Waals surface area (Å²) < 4.78 is 82.6. The fourth-order valence-corrected chi connectivity index (χ4v) is 26.8. The topological polar surface area (TPSA) is 148 Å². The minimum Gasteiger partial charge on any atom is -0.497 e. The molecule has 2 heterocycles. The lowest BCUT2D eigenvalue weighted by Crippen LogP contribution is -2.57. The maximum atomic E-state index is 15.2. The maximum Gasteiger partial charge on any atom is 0.338 e. The van der Waals surface area contributed by atoms with Crippen molar-refractivity contribution in [1.82, 2.24) is 0 Å². The Morgan fingerprint density at radius 2 is 1.25 bits per heavy atom. The van der Waals surface area contributed by atoms with Gasteiger partial charge in [0.1, 0.15) is 25.4 Å². The van der Waals surface area contributed by atoms with Gasteiger partial charge >= 0.3 is 5.97 Å². The van der Waals surface area contributed by atoms with Crippen LogP contribution in [0.5, 0.6) is 5.75 Å². The number of carbonyl (C=O) groups is 1. The van der Waals surface area contributed by atoms with E-state index in [1.54, 1.807) is 14.2 Å². The second kappa shape index (κ2) is 42.9. The fraction of sp³-hybridized carbons (Fsp3) is 0.841. The average Bonchev–Trinajstić information content (AvgIpc) is 0.772. The Morgan fingerprint density at radius 1 is 0.696 bits per heavy atom. The van der Waals surface area contributed by atoms with Crippen LogP contribution in [0.25, 0.3) is 0 Å². The quantitative estimate of drug-likeness (QED) is 0.0217. The third-order valence-electron chi connectivity index (χ3n) is 22.2. The van der Waals surface area contributed by atoms with Crippen LogP contribution < -0.4 is 4.74 Å². The Labute approximate surface area is 637 Å². The highest BCUT2D eigenvalue weighted by Gasteiger charge is 2.54. The summed E-state index contributed by atoms with van der Waals surface area (Å²) in [4.78, 5) is 15.2. The number of hydrogen-bond acceptors (Lipinski definition) is 16. The predicted molar refractivity (Wildman–Crippen MR) is 442 cm³/mol. The van der Waals surface area contributed by atoms with Crippen LogP contribution in [0.15, 0.2) is 59.7 Å². The van der Waals surface area contributed by atoms with Gasteiger partial charge in [-0.05, 0) is 158 Å². The highest BCUT2D eigenvalue weighted by atomic mass is 32.2. The molecule has 2 aliphatic rings. The number of carbonyl (C=O) groups excluding carboxylic acids is 1. The number of hydrogen-bond donors (Lipinski definition) is 1. The summed E-state index contributed by atoms with van der Waals surface area (Å²) in [5.74, 6) is 0.494. The molecule has 2 unspecified atom stereocenters. The van der Waals surface area contributed by atoms with Crippen molar-refractivity contribution < 1.29 is 66.1 Å². The zero-order chi connectivity index (χ0) is 77.7. The van der Waals surface area contributed by atoms with Gasteiger partial charge in [0.15, 0.2) is 20.2 Å². The van der Waals surface area contributed by atoms with Gasteiger partial charge < -0.3 is 61.3 Å². The van der Waals surface area contributed by atoms with Crippen LogP contribution >= 0.6 is 23.5 Å². The van der Waals surface area contributed by atoms with Gasteiger partial charge in [0.2, 0.25) is 8.32 Å². The first kappa shape index (κ1) is 95.0. The lowest BCUT2D eigenvalue weighted by Gasteiger charge is -2.51. The first-order valence-electron chi connectivity index (χ1n) is 39.1. The molecule has 0 aliphatic carbocycles. The summed E-state index contributed by atoms with van der Waals surface area (Å²) in [7, 11) is -4.64. The lowest BCUT2D eigenvalue weighted by atomic mass is 9.79. The zero-order valence-electron chi connectivity index (χ0n) is 70.9. The molecular formula is C82H154O14S2Si4. The summed E-state index contributed by atoms with van der Waals surface area (Å²) in [6, 6.07) is 10.0. The van der Waals surface area contributed by atoms with Gasteiger partial charge in [-0.3, -0.25) is 0 Å². The molecule has 1 aromatic rings. The smallest absolute Gasteiger partial charge is 0.338 e. The van der Waals surface area contributed by atoms with Crippen molar-refractivity contribution in [2.75, 3.05) is 59.1 Å². The van der Waals surface area contributed by atoms with Gasteiger partial charge in [-0.15, -0.1) is 23.5 Å². The van der Waals surface area contributed by atoms with Gasteiger partial charge in [0, 0.05) is 66.6 Å². The second-order valence-corrected chi connectivity index (χ2v) is 60.8. The Hall–Kier alpha value is -1.16. The largest absolute Gasteiger partial charge is 0.497 e. The standard InChI is InChI=1S/C82H154O14S2Si4/c1-34-36-60(12)47-61(13)74(90-53-87-41-45-99(26,27)28)69-52-92-81(22,23)94-76(69)64(16)72(95-101(32,33)80(19,20)21)50-82(97-43-35-44-98-82)63(15)48-62(14)73(96-102(57(6)7,58(8)9)59(10)11)65(17)75(89-51-67-37-39-68(85-24)40-38-67)66(18)77(86-25)78(91-54-88-42-46-100(29,30)31)79(84)93-71(56(4)5)49-70(83)55(2)3/h34,36-40,47-48,55-60,63-66,69-78,83H,35,41-46,49-54H2,1-33H3/b36-34-,61-47+,62-48+/t60-,63-,64-,65+,66+,69+,70?,71?,72-,73-,74+,75-,76-,77-,78-/m0/s1. The fourth-order valence-electron chi connectivity index (χ4n) is 14.7. The van der Waals surface area contributed by atoms with E-state index in [0.717, 1.165) is 58.9 Å². The van der Waals surface area contributed by atoms with Crippen LogP contribution in [-0.4, -0.2) is 168 Å². The van der Waals surface area contributed by atoms with E-state index in [2.05, 4.69) is 232 Å². The molecule has 2 saturated heterocycles. The van der Waals surface area contributed by atoms with Gasteiger partial charge in [0.05, 0.1) is 67.1 Å². The monoisotopic (exact) mass is 1540 g/mol. The van der Waals surface area contributed by atoms with Crippen LogP contribution in [0, 0.1) is 47.3 Å². The molecule has 0 amide bonds. The summed E-state index contributed by atoms with van der Waals surface area (Å²) in [6.45, 7) is 72.3. The van der Waals surface area contributed by atoms with Crippen LogP contribution in [0.4, 0.5) is 0 Å². The number of esters is 1. The predicted octanol–water partition coefficient (Wildman–Crippen LogP) is 21.3. The highest BCUT2D eigenvalue weighted by molar-refractivity contribution is 8.18. The SMILES string of the molecule is C/C=C\[C@H](C)/C=C(\C)[C@@H](OCOCC[Si](C)(C)C)[C@H]1COC(C)(C)O[C@H]1[C@@H](C)[C@H](CC1([C@@H](C)/C=C(\C)[C@H](O[Si](C(C)C)(C(C)C)C(C)C)[C@@H](C)[C@H](OCc2ccc(OC)cc2)[C@@H](C)[C@H](OC)[C@H](OCOCC[Si](C)(C)C)C(=O)OC(CC(O)C(C)C)C(C)C)SCCCS1)O[Si](C)(C)C(C)(C)C. The van der Waals surface area contributed by atoms with Crippen LogP contribution in [0.3, 0.4) is 0 Å². The molecule has 2 aliphatic heterocycles. The summed E-state index contributed by atoms with van der Waals surface area (Å²) in [5, 5.41) is 11.2. The number of ether oxygens (including phenoxy) is 10. The van der Waals surface area contributed by atoms with Crippen molar-refractivity contribution in [2.24, 2.45) is 47.3 Å². The normalized spacial score (nSPS) is 21.8. The first-order valence-corrected chi connectivity index (χ1v) is 53.6. The molecule has 1 N–H and O–H groups in total. The summed E-state index contributed by atoms with van der Waals surface area (Å²) >= 11 is 4.20. The van der Waals surface area contributed by atoms with E-state index in [9.17, 15) is 5.11 Å². The third kappa shape index (κ3) is 29.3. The highest BCUT2D eigenvalue weighted by Crippen LogP contribution is 2.55. The van der Waals surface area contributed by atoms with E-state index in [1.807, 2.05) is 52.0 Å². The molecule has 0 saturated carbocycles. The molecule has 0 spiro atoms. The van der Waals surface area contributed by atoms with Crippen molar-refractivity contribution in [3.05, 3.63) is 65.3 Å². The molecule has 2 fully saturated rings. The molecule has 20 heteroatoms. The third-order valence-corrected chi connectivity index (χ3v) is 39.9. The molecule has 594 valence electrons. The Bertz CT molecular complexity index is 2620. The number of aliphatic hydroxyl groups excluding tert-OH is 1. The minimum absolute atomic E-state index is 0.0246. The van der Waals surface area contributed by atoms with E-state index < -0.39 is 87.1 Å². The lowest BCUT2D eigenvalue weighted by molar-refractivity contribution is -0.317. The van der Waals surface area contributed by atoms with E-state index in [-0.39, 0.29) is 106 Å². The molecule has 15 atom stereocenters. The van der Waals surface area contributed by atoms with Crippen LogP contribution in [-0.2, 0) is 62.9 Å². The Morgan fingerprint density at radius 3 is 1.73 bits per heavy atom. The molecule has 0 aromatic heterocycles. The van der Waals surface area contributed by atoms with Crippen molar-refractivity contribution in [2.45, 2.75) is 336 Å². The summed E-state index contributed by atoms with van der Waals surface area (Å²) in [6.07, 6.45) is 6.27. The first-order chi connectivity index (χ1) is 47.1. The van der Waals surface area contributed by atoms with Crippen molar-refractivity contribution in [1.29, 1.82) is 0 Å². The molecule has 1 aromatic carbocycles. The second-order valence-electron chi connectivity index (χ2n) is 36.3. The van der Waals surface area contributed by atoms with Crippen LogP contribution in [0.2, 0.25) is 86.1 Å². The van der Waals surface area contributed by atoms with E-state index in [0.29, 0.717) is 26.2 Å². The van der Waals surface area contributed by atoms with Crippen molar-refractivity contribution >= 4 is 62.3 Å². The molecule has 102 heavy (non-hydrogen) atoms. The van der Waals surface area contributed by atoms with Crippen molar-refractivity contribution in [3.63, 3.8) is 0 Å². The van der Waals surface area contributed by atoms with Gasteiger partial charge in [0.25, 0.3) is 0 Å². The Balaban J connectivity index is 2.48. The molecular weight excluding hydrogens is 1390 g/mol. The summed E-state index contributed by atoms with van der Waals surface area (Å²) in [5.41, 5.74) is 4.08. The Kier molecular flexibility index (Phi) is 39.9. The van der Waals surface area contributed by atoms with E-state index >= 15 is 4.79 Å². The number of allylic oxidation sites excluding steroid dienone is 4. The van der Waals surface area contributed by atoms with Gasteiger partial charge in [-0.25, -0.2) is 4.79 Å². The van der Waals surface area contributed by atoms with Crippen molar-refractivity contribution in [3.8, 4) is 5.75 Å². The van der Waals surface area contributed by atoms with E-state index in [1.165, 1.54) is 0 Å². The number of aliphatic hydroxyl groups is 1.